The van der Waals surface area contributed by atoms with Crippen molar-refractivity contribution in [3.63, 3.8) is 0 Å². The van der Waals surface area contributed by atoms with Crippen LogP contribution in [-0.4, -0.2) is 25.7 Å². The number of fused-ring (bicyclic) bond motifs is 7. The third-order valence-corrected chi connectivity index (χ3v) is 17.1. The van der Waals surface area contributed by atoms with Crippen LogP contribution in [0.25, 0.3) is 93.8 Å². The molecule has 308 valence electrons. The zero-order chi connectivity index (χ0) is 43.2. The van der Waals surface area contributed by atoms with E-state index in [4.69, 9.17) is 9.40 Å². The Morgan fingerprint density at radius 1 is 0.484 bits per heavy atom. The minimum atomic E-state index is -1.51. The number of furan rings is 1. The molecular weight excluding hydrogens is 785 g/mol. The monoisotopic (exact) mass is 840 g/mol. The number of nitrogens with zero attached hydrogens (tertiary/aromatic N) is 2. The molecule has 0 unspecified atom stereocenters. The van der Waals surface area contributed by atoms with Crippen molar-refractivity contribution in [3.05, 3.63) is 157 Å². The molecule has 0 aliphatic carbocycles. The van der Waals surface area contributed by atoms with Gasteiger partial charge in [0.05, 0.1) is 38.4 Å². The van der Waals surface area contributed by atoms with Crippen molar-refractivity contribution in [3.8, 4) is 39.3 Å². The Kier molecular flexibility index (Phi) is 9.58. The maximum atomic E-state index is 6.95. The second-order valence-corrected chi connectivity index (χ2v) is 30.2. The van der Waals surface area contributed by atoms with Crippen LogP contribution in [0.15, 0.2) is 150 Å². The Balaban J connectivity index is 1.14. The van der Waals surface area contributed by atoms with E-state index < -0.39 is 16.1 Å². The highest BCUT2D eigenvalue weighted by atomic mass is 28.3. The predicted octanol–water partition coefficient (Wildman–Crippen LogP) is 15.6. The van der Waals surface area contributed by atoms with Crippen LogP contribution in [0.2, 0.25) is 39.3 Å². The quantitative estimate of drug-likeness (QED) is 0.113. The maximum absolute atomic E-state index is 6.95. The van der Waals surface area contributed by atoms with Crippen molar-refractivity contribution in [2.45, 2.75) is 78.8 Å². The minimum Gasteiger partial charge on any atom is -0.455 e. The first-order chi connectivity index (χ1) is 29.6. The molecule has 0 atom stereocenters. The summed E-state index contributed by atoms with van der Waals surface area (Å²) in [5.41, 5.74) is 13.7. The highest BCUT2D eigenvalue weighted by Crippen LogP contribution is 2.44. The Labute approximate surface area is 368 Å². The first-order valence-electron chi connectivity index (χ1n) is 22.3. The zero-order valence-electron chi connectivity index (χ0n) is 37.8. The number of hydrogen-bond acceptors (Lipinski definition) is 2. The highest BCUT2D eigenvalue weighted by molar-refractivity contribution is 6.91. The largest absolute Gasteiger partial charge is 0.455 e. The number of rotatable bonds is 8. The molecule has 2 heterocycles. The third-order valence-electron chi connectivity index (χ3n) is 13.0. The number of benzene rings is 8. The van der Waals surface area contributed by atoms with Gasteiger partial charge in [-0.15, -0.1) is 0 Å². The molecule has 0 radical (unpaired) electrons. The highest BCUT2D eigenvalue weighted by Gasteiger charge is 2.27. The molecule has 10 aromatic rings. The standard InChI is InChI=1S/C57H56N2OSi2/c1-35(2)48-31-42(38-24-22-37(23-25-38)41-28-43(61(5,6)7)33-44(29-41)62(8,9)10)32-49(36(3)4)55(48)59-53-21-14-13-20-52(53)58-57(59)47-19-15-18-46-51-30-40-27-26-39-16-11-12-17-45(39)50(40)34-54(51)60-56(46)47/h11-36H,1-10H3. The van der Waals surface area contributed by atoms with Crippen LogP contribution in [0, 0.1) is 0 Å². The molecule has 0 aliphatic rings. The molecular formula is C57H56N2OSi2. The normalized spacial score (nSPS) is 12.6. The van der Waals surface area contributed by atoms with Crippen molar-refractivity contribution in [1.82, 2.24) is 9.55 Å². The average Bonchev–Trinajstić information content (AvgIpc) is 3.82. The van der Waals surface area contributed by atoms with E-state index >= 15 is 0 Å². The molecule has 0 saturated heterocycles. The maximum Gasteiger partial charge on any atom is 0.149 e. The molecule has 2 aromatic heterocycles. The van der Waals surface area contributed by atoms with Crippen molar-refractivity contribution >= 4 is 81.0 Å². The first-order valence-corrected chi connectivity index (χ1v) is 29.3. The molecule has 0 aliphatic heterocycles. The van der Waals surface area contributed by atoms with E-state index in [9.17, 15) is 0 Å². The Bertz CT molecular complexity index is 3310. The zero-order valence-corrected chi connectivity index (χ0v) is 39.8. The molecule has 5 heteroatoms. The average molecular weight is 841 g/mol. The van der Waals surface area contributed by atoms with Gasteiger partial charge in [-0.2, -0.15) is 0 Å². The summed E-state index contributed by atoms with van der Waals surface area (Å²) in [5.74, 6) is 1.40. The number of para-hydroxylation sites is 3. The van der Waals surface area contributed by atoms with Crippen LogP contribution < -0.4 is 10.4 Å². The molecule has 0 bridgehead atoms. The molecule has 0 spiro atoms. The van der Waals surface area contributed by atoms with Gasteiger partial charge in [0.2, 0.25) is 0 Å². The smallest absolute Gasteiger partial charge is 0.149 e. The molecule has 0 N–H and O–H groups in total. The summed E-state index contributed by atoms with van der Waals surface area (Å²) in [7, 11) is -3.01. The van der Waals surface area contributed by atoms with E-state index in [1.807, 2.05) is 0 Å². The third kappa shape index (κ3) is 6.83. The molecule has 10 rings (SSSR count). The lowest BCUT2D eigenvalue weighted by Crippen LogP contribution is -2.45. The number of imidazole rings is 1. The Morgan fingerprint density at radius 2 is 1.06 bits per heavy atom. The van der Waals surface area contributed by atoms with E-state index in [1.54, 1.807) is 10.4 Å². The van der Waals surface area contributed by atoms with Crippen LogP contribution in [-0.2, 0) is 0 Å². The summed E-state index contributed by atoms with van der Waals surface area (Å²) in [5, 5.41) is 10.2. The van der Waals surface area contributed by atoms with E-state index in [2.05, 4.69) is 217 Å². The van der Waals surface area contributed by atoms with Gasteiger partial charge in [0.15, 0.2) is 0 Å². The van der Waals surface area contributed by atoms with Gasteiger partial charge in [0, 0.05) is 10.8 Å². The van der Waals surface area contributed by atoms with E-state index in [0.29, 0.717) is 0 Å². The fourth-order valence-corrected chi connectivity index (χ4v) is 11.9. The molecule has 0 amide bonds. The summed E-state index contributed by atoms with van der Waals surface area (Å²) in [6, 6.07) is 54.4. The van der Waals surface area contributed by atoms with Gasteiger partial charge in [-0.3, -0.25) is 4.57 Å². The summed E-state index contributed by atoms with van der Waals surface area (Å²) < 4.78 is 9.38. The van der Waals surface area contributed by atoms with Gasteiger partial charge in [-0.25, -0.2) is 4.98 Å². The topological polar surface area (TPSA) is 31.0 Å². The van der Waals surface area contributed by atoms with Gasteiger partial charge in [0.25, 0.3) is 0 Å². The molecule has 0 fully saturated rings. The Hall–Kier alpha value is -6.02. The fraction of sp³-hybridized carbons (Fsp3) is 0.211. The van der Waals surface area contributed by atoms with Crippen LogP contribution in [0.1, 0.15) is 50.7 Å². The van der Waals surface area contributed by atoms with Crippen LogP contribution in [0.5, 0.6) is 0 Å². The molecule has 62 heavy (non-hydrogen) atoms. The van der Waals surface area contributed by atoms with Gasteiger partial charge >= 0.3 is 0 Å². The summed E-state index contributed by atoms with van der Waals surface area (Å²) in [6.45, 7) is 24.1. The van der Waals surface area contributed by atoms with Gasteiger partial charge in [-0.05, 0) is 109 Å². The van der Waals surface area contributed by atoms with Crippen LogP contribution in [0.3, 0.4) is 0 Å². The summed E-state index contributed by atoms with van der Waals surface area (Å²) in [6.07, 6.45) is 0. The summed E-state index contributed by atoms with van der Waals surface area (Å²) in [4.78, 5) is 5.45. The van der Waals surface area contributed by atoms with Gasteiger partial charge in [-0.1, -0.05) is 180 Å². The van der Waals surface area contributed by atoms with Gasteiger partial charge < -0.3 is 4.42 Å². The second-order valence-electron chi connectivity index (χ2n) is 20.1. The fourth-order valence-electron chi connectivity index (χ4n) is 9.41. The summed E-state index contributed by atoms with van der Waals surface area (Å²) >= 11 is 0. The van der Waals surface area contributed by atoms with E-state index in [0.717, 1.165) is 44.4 Å². The lowest BCUT2D eigenvalue weighted by Gasteiger charge is -2.25. The Morgan fingerprint density at radius 3 is 1.71 bits per heavy atom. The van der Waals surface area contributed by atoms with Crippen molar-refractivity contribution < 1.29 is 4.42 Å². The van der Waals surface area contributed by atoms with Crippen LogP contribution >= 0.6 is 0 Å². The molecule has 3 nitrogen and oxygen atoms in total. The molecule has 0 saturated carbocycles. The number of aromatic nitrogens is 2. The minimum absolute atomic E-state index is 0.254. The SMILES string of the molecule is CC(C)c1cc(-c2ccc(-c3cc([Si](C)(C)C)cc([Si](C)(C)C)c3)cc2)cc(C(C)C)c1-n1c(-c2cccc3c2oc2cc4c(ccc5ccccc54)cc23)nc2ccccc21. The lowest BCUT2D eigenvalue weighted by atomic mass is 9.87. The predicted molar refractivity (Wildman–Crippen MR) is 274 cm³/mol. The van der Waals surface area contributed by atoms with E-state index in [1.165, 1.54) is 60.6 Å². The first kappa shape index (κ1) is 40.1. The lowest BCUT2D eigenvalue weighted by molar-refractivity contribution is 0.670. The van der Waals surface area contributed by atoms with Crippen molar-refractivity contribution in [2.75, 3.05) is 0 Å². The van der Waals surface area contributed by atoms with Gasteiger partial charge in [0.1, 0.15) is 17.0 Å². The van der Waals surface area contributed by atoms with Crippen molar-refractivity contribution in [2.24, 2.45) is 0 Å². The second kappa shape index (κ2) is 14.8. The molecule has 8 aromatic carbocycles. The van der Waals surface area contributed by atoms with Crippen LogP contribution in [0.4, 0.5) is 0 Å². The van der Waals surface area contributed by atoms with E-state index in [-0.39, 0.29) is 11.8 Å². The number of hydrogen-bond donors (Lipinski definition) is 0. The van der Waals surface area contributed by atoms with Crippen molar-refractivity contribution in [1.29, 1.82) is 0 Å².